The van der Waals surface area contributed by atoms with E-state index < -0.39 is 0 Å². The quantitative estimate of drug-likeness (QED) is 0.852. The van der Waals surface area contributed by atoms with Gasteiger partial charge in [-0.2, -0.15) is 0 Å². The lowest BCUT2D eigenvalue weighted by Crippen LogP contribution is -2.38. The third-order valence-corrected chi connectivity index (χ3v) is 3.17. The molecule has 108 valence electrons. The predicted octanol–water partition coefficient (Wildman–Crippen LogP) is 1.78. The summed E-state index contributed by atoms with van der Waals surface area (Å²) in [6.07, 6.45) is 4.21. The van der Waals surface area contributed by atoms with E-state index in [9.17, 15) is 4.79 Å². The average Bonchev–Trinajstić information content (AvgIpc) is 2.29. The molecule has 0 aromatic carbocycles. The second kappa shape index (κ2) is 6.19. The van der Waals surface area contributed by atoms with Crippen molar-refractivity contribution < 1.29 is 0 Å². The van der Waals surface area contributed by atoms with Crippen molar-refractivity contribution in [2.75, 3.05) is 11.9 Å². The van der Waals surface area contributed by atoms with Crippen molar-refractivity contribution in [1.82, 2.24) is 9.55 Å². The molecule has 1 aromatic rings. The molecule has 1 heterocycles. The highest BCUT2D eigenvalue weighted by atomic mass is 16.1. The molecule has 3 N–H and O–H groups in total. The number of nitrogens with one attached hydrogen (secondary N) is 1. The Morgan fingerprint density at radius 3 is 2.53 bits per heavy atom. The van der Waals surface area contributed by atoms with E-state index >= 15 is 0 Å². The summed E-state index contributed by atoms with van der Waals surface area (Å²) in [5.74, 6) is 0.803. The molecular formula is C14H26N4O. The lowest BCUT2D eigenvalue weighted by atomic mass is 10.0. The Morgan fingerprint density at radius 1 is 1.42 bits per heavy atom. The van der Waals surface area contributed by atoms with Gasteiger partial charge in [-0.15, -0.1) is 0 Å². The largest absolute Gasteiger partial charge is 0.362 e. The van der Waals surface area contributed by atoms with Gasteiger partial charge in [0, 0.05) is 24.0 Å². The van der Waals surface area contributed by atoms with Crippen LogP contribution in [0.3, 0.4) is 0 Å². The van der Waals surface area contributed by atoms with Crippen LogP contribution in [-0.4, -0.2) is 22.1 Å². The van der Waals surface area contributed by atoms with E-state index in [0.29, 0.717) is 18.3 Å². The number of anilines is 1. The molecule has 0 saturated carbocycles. The van der Waals surface area contributed by atoms with E-state index in [2.05, 4.69) is 24.1 Å². The molecule has 0 fully saturated rings. The average molecular weight is 266 g/mol. The summed E-state index contributed by atoms with van der Waals surface area (Å²) >= 11 is 0. The minimum atomic E-state index is -0.252. The van der Waals surface area contributed by atoms with Crippen LogP contribution in [0.15, 0.2) is 17.2 Å². The minimum absolute atomic E-state index is 0.0855. The number of nitrogens with zero attached hydrogens (tertiary/aromatic N) is 2. The Labute approximate surface area is 115 Å². The third kappa shape index (κ3) is 4.06. The maximum atomic E-state index is 12.4. The monoisotopic (exact) mass is 266 g/mol. The second-order valence-corrected chi connectivity index (χ2v) is 6.19. The van der Waals surface area contributed by atoms with Gasteiger partial charge in [-0.1, -0.05) is 13.8 Å². The third-order valence-electron chi connectivity index (χ3n) is 3.17. The van der Waals surface area contributed by atoms with Gasteiger partial charge < -0.3 is 15.6 Å². The maximum absolute atomic E-state index is 12.4. The van der Waals surface area contributed by atoms with Crippen molar-refractivity contribution in [1.29, 1.82) is 0 Å². The number of nitrogens with two attached hydrogens (primary N) is 1. The van der Waals surface area contributed by atoms with Crippen molar-refractivity contribution in [3.05, 3.63) is 22.7 Å². The van der Waals surface area contributed by atoms with E-state index in [1.165, 1.54) is 0 Å². The molecular weight excluding hydrogens is 240 g/mol. The molecule has 0 aliphatic carbocycles. The van der Waals surface area contributed by atoms with Gasteiger partial charge in [0.2, 0.25) is 0 Å². The van der Waals surface area contributed by atoms with Crippen LogP contribution in [0.1, 0.15) is 41.0 Å². The summed E-state index contributed by atoms with van der Waals surface area (Å²) in [6.45, 7) is 10.8. The molecule has 1 rings (SSSR count). The molecule has 0 aliphatic heterocycles. The van der Waals surface area contributed by atoms with Crippen LogP contribution in [0, 0.1) is 5.92 Å². The fourth-order valence-corrected chi connectivity index (χ4v) is 1.97. The fourth-order valence-electron chi connectivity index (χ4n) is 1.97. The van der Waals surface area contributed by atoms with Crippen LogP contribution in [0.5, 0.6) is 0 Å². The Balaban J connectivity index is 3.05. The smallest absolute Gasteiger partial charge is 0.293 e. The first-order chi connectivity index (χ1) is 8.77. The summed E-state index contributed by atoms with van der Waals surface area (Å²) in [6, 6.07) is 0.168. The summed E-state index contributed by atoms with van der Waals surface area (Å²) in [5, 5.41) is 3.24. The van der Waals surface area contributed by atoms with Crippen LogP contribution < -0.4 is 16.6 Å². The highest BCUT2D eigenvalue weighted by Crippen LogP contribution is 2.13. The lowest BCUT2D eigenvalue weighted by molar-refractivity contribution is 0.382. The zero-order chi connectivity index (χ0) is 14.6. The van der Waals surface area contributed by atoms with Crippen LogP contribution in [-0.2, 0) is 5.54 Å². The summed E-state index contributed by atoms with van der Waals surface area (Å²) in [7, 11) is 0. The van der Waals surface area contributed by atoms with Gasteiger partial charge in [0.25, 0.3) is 5.56 Å². The zero-order valence-corrected chi connectivity index (χ0v) is 12.6. The fraction of sp³-hybridized carbons (Fsp3) is 0.714. The Morgan fingerprint density at radius 2 is 2.05 bits per heavy atom. The SMILES string of the molecule is CC(C)C(CCN)Nc1nccn(C(C)(C)C)c1=O. The number of aromatic nitrogens is 2. The summed E-state index contributed by atoms with van der Waals surface area (Å²) in [4.78, 5) is 16.6. The molecule has 19 heavy (non-hydrogen) atoms. The van der Waals surface area contributed by atoms with Gasteiger partial charge in [0.1, 0.15) is 0 Å². The predicted molar refractivity (Wildman–Crippen MR) is 79.4 cm³/mol. The van der Waals surface area contributed by atoms with Crippen LogP contribution >= 0.6 is 0 Å². The summed E-state index contributed by atoms with van der Waals surface area (Å²) < 4.78 is 1.70. The highest BCUT2D eigenvalue weighted by Gasteiger charge is 2.19. The number of rotatable bonds is 5. The maximum Gasteiger partial charge on any atom is 0.293 e. The van der Waals surface area contributed by atoms with E-state index in [1.54, 1.807) is 17.0 Å². The van der Waals surface area contributed by atoms with Crippen molar-refractivity contribution in [2.24, 2.45) is 11.7 Å². The van der Waals surface area contributed by atoms with E-state index in [1.807, 2.05) is 20.8 Å². The molecule has 5 nitrogen and oxygen atoms in total. The first kappa shape index (κ1) is 15.7. The first-order valence-electron chi connectivity index (χ1n) is 6.82. The van der Waals surface area contributed by atoms with Gasteiger partial charge in [-0.05, 0) is 39.7 Å². The molecule has 1 aromatic heterocycles. The van der Waals surface area contributed by atoms with E-state index in [4.69, 9.17) is 5.73 Å². The second-order valence-electron chi connectivity index (χ2n) is 6.19. The van der Waals surface area contributed by atoms with Crippen molar-refractivity contribution in [3.8, 4) is 0 Å². The van der Waals surface area contributed by atoms with Gasteiger partial charge >= 0.3 is 0 Å². The molecule has 0 saturated heterocycles. The van der Waals surface area contributed by atoms with Crippen molar-refractivity contribution >= 4 is 5.82 Å². The van der Waals surface area contributed by atoms with Gasteiger partial charge in [-0.25, -0.2) is 4.98 Å². The van der Waals surface area contributed by atoms with Crippen LogP contribution in [0.25, 0.3) is 0 Å². The molecule has 0 aliphatic rings. The molecule has 5 heteroatoms. The van der Waals surface area contributed by atoms with Crippen molar-refractivity contribution in [2.45, 2.75) is 52.6 Å². The Hall–Kier alpha value is -1.36. The number of hydrogen-bond donors (Lipinski definition) is 2. The minimum Gasteiger partial charge on any atom is -0.362 e. The van der Waals surface area contributed by atoms with E-state index in [0.717, 1.165) is 6.42 Å². The van der Waals surface area contributed by atoms with Crippen LogP contribution in [0.4, 0.5) is 5.82 Å². The normalized spacial score (nSPS) is 13.6. The van der Waals surface area contributed by atoms with Gasteiger partial charge in [0.05, 0.1) is 0 Å². The van der Waals surface area contributed by atoms with Crippen LogP contribution in [0.2, 0.25) is 0 Å². The van der Waals surface area contributed by atoms with Crippen molar-refractivity contribution in [3.63, 3.8) is 0 Å². The molecule has 1 unspecified atom stereocenters. The number of hydrogen-bond acceptors (Lipinski definition) is 4. The summed E-state index contributed by atoms with van der Waals surface area (Å²) in [5.41, 5.74) is 5.28. The molecule has 0 bridgehead atoms. The molecule has 1 atom stereocenters. The molecule has 0 amide bonds. The van der Waals surface area contributed by atoms with Gasteiger partial charge in [-0.3, -0.25) is 4.79 Å². The van der Waals surface area contributed by atoms with E-state index in [-0.39, 0.29) is 17.1 Å². The standard InChI is InChI=1S/C14H26N4O/c1-10(2)11(6-7-15)17-12-13(19)18(9-8-16-12)14(3,4)5/h8-11H,6-7,15H2,1-5H3,(H,16,17). The zero-order valence-electron chi connectivity index (χ0n) is 12.6. The molecule has 0 radical (unpaired) electrons. The lowest BCUT2D eigenvalue weighted by Gasteiger charge is -2.25. The van der Waals surface area contributed by atoms with Gasteiger partial charge in [0.15, 0.2) is 5.82 Å². The Bertz CT molecular complexity index is 459. The Kier molecular flexibility index (Phi) is 5.11. The topological polar surface area (TPSA) is 72.9 Å². The first-order valence-corrected chi connectivity index (χ1v) is 6.82. The molecule has 0 spiro atoms. The highest BCUT2D eigenvalue weighted by molar-refractivity contribution is 5.32.